The molecule has 0 aliphatic rings. The van der Waals surface area contributed by atoms with Gasteiger partial charge in [-0.05, 0) is 38.0 Å². The van der Waals surface area contributed by atoms with Crippen LogP contribution in [0.4, 0.5) is 5.13 Å². The summed E-state index contributed by atoms with van der Waals surface area (Å²) >= 11 is 1.30. The van der Waals surface area contributed by atoms with Gasteiger partial charge in [-0.2, -0.15) is 4.72 Å². The molecule has 0 aliphatic carbocycles. The van der Waals surface area contributed by atoms with Gasteiger partial charge in [0.1, 0.15) is 6.04 Å². The Bertz CT molecular complexity index is 1050. The zero-order valence-corrected chi connectivity index (χ0v) is 17.2. The molecule has 8 heteroatoms. The summed E-state index contributed by atoms with van der Waals surface area (Å²) in [5.41, 5.74) is 2.60. The maximum absolute atomic E-state index is 12.8. The first-order chi connectivity index (χ1) is 13.3. The Morgan fingerprint density at radius 2 is 1.75 bits per heavy atom. The van der Waals surface area contributed by atoms with Crippen molar-refractivity contribution >= 4 is 32.4 Å². The van der Waals surface area contributed by atoms with Gasteiger partial charge >= 0.3 is 0 Å². The normalized spacial score (nSPS) is 12.5. The van der Waals surface area contributed by atoms with E-state index in [4.69, 9.17) is 0 Å². The van der Waals surface area contributed by atoms with E-state index in [-0.39, 0.29) is 11.3 Å². The van der Waals surface area contributed by atoms with Crippen LogP contribution in [0.15, 0.2) is 64.9 Å². The summed E-state index contributed by atoms with van der Waals surface area (Å²) in [5, 5.41) is 4.97. The summed E-state index contributed by atoms with van der Waals surface area (Å²) in [4.78, 5) is 17.2. The van der Waals surface area contributed by atoms with E-state index in [1.54, 1.807) is 12.1 Å². The first-order valence-corrected chi connectivity index (χ1v) is 11.1. The largest absolute Gasteiger partial charge is 0.301 e. The predicted octanol–water partition coefficient (Wildman–Crippen LogP) is 3.29. The average molecular weight is 416 g/mol. The molecule has 1 unspecified atom stereocenters. The number of hydrogen-bond acceptors (Lipinski definition) is 5. The highest BCUT2D eigenvalue weighted by molar-refractivity contribution is 7.89. The van der Waals surface area contributed by atoms with Gasteiger partial charge < -0.3 is 5.32 Å². The molecule has 0 radical (unpaired) electrons. The van der Waals surface area contributed by atoms with Crippen LogP contribution in [0.3, 0.4) is 0 Å². The first-order valence-electron chi connectivity index (χ1n) is 8.69. The number of nitrogens with one attached hydrogen (secondary N) is 2. The van der Waals surface area contributed by atoms with Gasteiger partial charge in [0, 0.05) is 5.38 Å². The van der Waals surface area contributed by atoms with Gasteiger partial charge in [-0.25, -0.2) is 13.4 Å². The van der Waals surface area contributed by atoms with Crippen LogP contribution in [0.5, 0.6) is 0 Å². The fourth-order valence-electron chi connectivity index (χ4n) is 2.61. The Hall–Kier alpha value is -2.55. The number of carbonyl (C=O) groups is 1. The molecule has 2 aromatic carbocycles. The van der Waals surface area contributed by atoms with Gasteiger partial charge in [0.05, 0.1) is 10.6 Å². The number of benzene rings is 2. The molecule has 1 aromatic heterocycles. The summed E-state index contributed by atoms with van der Waals surface area (Å²) < 4.78 is 28.1. The lowest BCUT2D eigenvalue weighted by atomic mass is 10.1. The highest BCUT2D eigenvalue weighted by Crippen LogP contribution is 2.17. The number of aromatic nitrogens is 1. The molecule has 28 heavy (non-hydrogen) atoms. The Morgan fingerprint density at radius 3 is 2.36 bits per heavy atom. The van der Waals surface area contributed by atoms with E-state index in [0.29, 0.717) is 5.13 Å². The van der Waals surface area contributed by atoms with E-state index < -0.39 is 22.0 Å². The zero-order valence-electron chi connectivity index (χ0n) is 15.5. The standard InChI is InChI=1S/C20H21N3O3S2/c1-14-8-10-17(11-9-14)28(25,26)23-18(12-16-6-4-3-5-7-16)19(24)22-20-21-15(2)13-27-20/h3-11,13,18,23H,12H2,1-2H3,(H,21,22,24). The lowest BCUT2D eigenvalue weighted by Crippen LogP contribution is -2.45. The van der Waals surface area contributed by atoms with Gasteiger partial charge in [-0.1, -0.05) is 48.0 Å². The van der Waals surface area contributed by atoms with Crippen molar-refractivity contribution in [1.82, 2.24) is 9.71 Å². The predicted molar refractivity (Wildman–Crippen MR) is 111 cm³/mol. The molecule has 0 saturated heterocycles. The van der Waals surface area contributed by atoms with E-state index >= 15 is 0 Å². The topological polar surface area (TPSA) is 88.2 Å². The number of aryl methyl sites for hydroxylation is 2. The molecule has 0 fully saturated rings. The van der Waals surface area contributed by atoms with Crippen molar-refractivity contribution in [3.63, 3.8) is 0 Å². The minimum atomic E-state index is -3.86. The average Bonchev–Trinajstić information content (AvgIpc) is 3.07. The maximum atomic E-state index is 12.8. The highest BCUT2D eigenvalue weighted by atomic mass is 32.2. The lowest BCUT2D eigenvalue weighted by Gasteiger charge is -2.18. The molecule has 0 saturated carbocycles. The molecular weight excluding hydrogens is 394 g/mol. The zero-order chi connectivity index (χ0) is 20.1. The summed E-state index contributed by atoms with van der Waals surface area (Å²) in [6.07, 6.45) is 0.224. The first kappa shape index (κ1) is 20.2. The van der Waals surface area contributed by atoms with Crippen molar-refractivity contribution in [2.75, 3.05) is 5.32 Å². The summed E-state index contributed by atoms with van der Waals surface area (Å²) in [5.74, 6) is -0.450. The van der Waals surface area contributed by atoms with Gasteiger partial charge in [0.25, 0.3) is 0 Å². The third-order valence-corrected chi connectivity index (χ3v) is 6.44. The molecule has 3 rings (SSSR count). The summed E-state index contributed by atoms with van der Waals surface area (Å²) in [6.45, 7) is 3.71. The molecule has 1 heterocycles. The van der Waals surface area contributed by atoms with Crippen molar-refractivity contribution in [3.05, 3.63) is 76.8 Å². The molecule has 0 bridgehead atoms. The number of carbonyl (C=O) groups excluding carboxylic acids is 1. The van der Waals surface area contributed by atoms with Crippen molar-refractivity contribution in [3.8, 4) is 0 Å². The van der Waals surface area contributed by atoms with Crippen LogP contribution in [-0.4, -0.2) is 25.4 Å². The molecule has 6 nitrogen and oxygen atoms in total. The molecule has 1 amide bonds. The van der Waals surface area contributed by atoms with Crippen LogP contribution in [0.1, 0.15) is 16.8 Å². The molecule has 146 valence electrons. The molecule has 0 spiro atoms. The number of anilines is 1. The van der Waals surface area contributed by atoms with Crippen LogP contribution >= 0.6 is 11.3 Å². The van der Waals surface area contributed by atoms with Crippen molar-refractivity contribution in [2.45, 2.75) is 31.2 Å². The number of thiazole rings is 1. The number of hydrogen-bond donors (Lipinski definition) is 2. The van der Waals surface area contributed by atoms with Crippen molar-refractivity contribution in [2.24, 2.45) is 0 Å². The second-order valence-electron chi connectivity index (χ2n) is 6.46. The third kappa shape index (κ3) is 5.25. The Morgan fingerprint density at radius 1 is 1.07 bits per heavy atom. The quantitative estimate of drug-likeness (QED) is 0.620. The molecule has 1 atom stereocenters. The Kier molecular flexibility index (Phi) is 6.23. The van der Waals surface area contributed by atoms with Crippen LogP contribution in [0.2, 0.25) is 0 Å². The number of sulfonamides is 1. The molecule has 3 aromatic rings. The van der Waals surface area contributed by atoms with Gasteiger partial charge in [0.15, 0.2) is 5.13 Å². The van der Waals surface area contributed by atoms with E-state index in [2.05, 4.69) is 15.0 Å². The highest BCUT2D eigenvalue weighted by Gasteiger charge is 2.26. The summed E-state index contributed by atoms with van der Waals surface area (Å²) in [7, 11) is -3.86. The Balaban J connectivity index is 1.84. The smallest absolute Gasteiger partial charge is 0.244 e. The third-order valence-electron chi connectivity index (χ3n) is 4.08. The van der Waals surface area contributed by atoms with Crippen molar-refractivity contribution < 1.29 is 13.2 Å². The second kappa shape index (κ2) is 8.64. The minimum Gasteiger partial charge on any atom is -0.301 e. The molecule has 2 N–H and O–H groups in total. The fourth-order valence-corrected chi connectivity index (χ4v) is 4.50. The van der Waals surface area contributed by atoms with Gasteiger partial charge in [-0.15, -0.1) is 11.3 Å². The van der Waals surface area contributed by atoms with Crippen LogP contribution in [0, 0.1) is 13.8 Å². The maximum Gasteiger partial charge on any atom is 0.244 e. The van der Waals surface area contributed by atoms with Crippen LogP contribution in [0.25, 0.3) is 0 Å². The number of amides is 1. The second-order valence-corrected chi connectivity index (χ2v) is 9.03. The van der Waals surface area contributed by atoms with Gasteiger partial charge in [-0.3, -0.25) is 4.79 Å². The van der Waals surface area contributed by atoms with Crippen LogP contribution in [-0.2, 0) is 21.2 Å². The minimum absolute atomic E-state index is 0.119. The van der Waals surface area contributed by atoms with Crippen LogP contribution < -0.4 is 10.0 Å². The monoisotopic (exact) mass is 415 g/mol. The van der Waals surface area contributed by atoms with E-state index in [0.717, 1.165) is 16.8 Å². The SMILES string of the molecule is Cc1ccc(S(=O)(=O)NC(Cc2ccccc2)C(=O)Nc2nc(C)cs2)cc1. The summed E-state index contributed by atoms with van der Waals surface area (Å²) in [6, 6.07) is 14.8. The van der Waals surface area contributed by atoms with E-state index in [9.17, 15) is 13.2 Å². The molecular formula is C20H21N3O3S2. The number of rotatable bonds is 7. The molecule has 0 aliphatic heterocycles. The number of nitrogens with zero attached hydrogens (tertiary/aromatic N) is 1. The van der Waals surface area contributed by atoms with E-state index in [1.165, 1.54) is 23.5 Å². The fraction of sp³-hybridized carbons (Fsp3) is 0.200. The van der Waals surface area contributed by atoms with E-state index in [1.807, 2.05) is 49.6 Å². The Labute approximate surface area is 168 Å². The van der Waals surface area contributed by atoms with Gasteiger partial charge in [0.2, 0.25) is 15.9 Å². The van der Waals surface area contributed by atoms with Crippen molar-refractivity contribution in [1.29, 1.82) is 0 Å². The lowest BCUT2D eigenvalue weighted by molar-refractivity contribution is -0.117.